The second-order valence-corrected chi connectivity index (χ2v) is 8.20. The molecular weight excluding hydrogens is 396 g/mol. The second kappa shape index (κ2) is 9.09. The van der Waals surface area contributed by atoms with Gasteiger partial charge in [-0.1, -0.05) is 41.2 Å². The van der Waals surface area contributed by atoms with Crippen LogP contribution in [0, 0.1) is 6.92 Å². The first-order valence-corrected chi connectivity index (χ1v) is 10.7. The Morgan fingerprint density at radius 2 is 2.13 bits per heavy atom. The van der Waals surface area contributed by atoms with Crippen molar-refractivity contribution in [2.24, 2.45) is 0 Å². The summed E-state index contributed by atoms with van der Waals surface area (Å²) in [6.45, 7) is 3.44. The summed E-state index contributed by atoms with van der Waals surface area (Å²) in [4.78, 5) is 23.9. The van der Waals surface area contributed by atoms with Crippen molar-refractivity contribution in [2.75, 3.05) is 18.6 Å². The lowest BCUT2D eigenvalue weighted by Gasteiger charge is -2.20. The molecule has 0 unspecified atom stereocenters. The predicted molar refractivity (Wildman–Crippen MR) is 120 cm³/mol. The van der Waals surface area contributed by atoms with E-state index >= 15 is 0 Å². The molecule has 4 rings (SSSR count). The standard InChI is InChI=1S/C23H24N4O2S/c1-17-5-3-6-18(13-17)14-22(28)27(11-4-10-26-12-9-24-16-26)23-25-20-8-7-19(29-2)15-21(20)30-23/h3,5-9,12-13,15-16H,4,10-11,14H2,1-2H3. The number of methoxy groups -OCH3 is 1. The Kier molecular flexibility index (Phi) is 6.09. The van der Waals surface area contributed by atoms with Crippen LogP contribution < -0.4 is 9.64 Å². The number of carbonyl (C=O) groups is 1. The Morgan fingerprint density at radius 1 is 1.23 bits per heavy atom. The second-order valence-electron chi connectivity index (χ2n) is 7.20. The third-order valence-electron chi connectivity index (χ3n) is 4.91. The van der Waals surface area contributed by atoms with Crippen molar-refractivity contribution in [2.45, 2.75) is 26.3 Å². The lowest BCUT2D eigenvalue weighted by Crippen LogP contribution is -2.33. The van der Waals surface area contributed by atoms with Gasteiger partial charge < -0.3 is 9.30 Å². The molecule has 0 saturated heterocycles. The molecule has 0 aliphatic rings. The number of aromatic nitrogens is 3. The summed E-state index contributed by atoms with van der Waals surface area (Å²) in [6.07, 6.45) is 6.66. The molecule has 0 saturated carbocycles. The van der Waals surface area contributed by atoms with Gasteiger partial charge in [0.2, 0.25) is 5.91 Å². The number of benzene rings is 2. The number of thiazole rings is 1. The van der Waals surface area contributed by atoms with Gasteiger partial charge in [0.15, 0.2) is 5.13 Å². The van der Waals surface area contributed by atoms with Gasteiger partial charge in [-0.2, -0.15) is 0 Å². The minimum Gasteiger partial charge on any atom is -0.497 e. The monoisotopic (exact) mass is 420 g/mol. The third-order valence-corrected chi connectivity index (χ3v) is 5.95. The first kappa shape index (κ1) is 20.1. The lowest BCUT2D eigenvalue weighted by molar-refractivity contribution is -0.118. The molecule has 7 heteroatoms. The zero-order valence-electron chi connectivity index (χ0n) is 17.1. The zero-order chi connectivity index (χ0) is 20.9. The van der Waals surface area contributed by atoms with Crippen molar-refractivity contribution < 1.29 is 9.53 Å². The number of fused-ring (bicyclic) bond motifs is 1. The molecule has 0 aliphatic carbocycles. The van der Waals surface area contributed by atoms with Gasteiger partial charge >= 0.3 is 0 Å². The molecule has 0 aliphatic heterocycles. The van der Waals surface area contributed by atoms with Crippen LogP contribution in [0.25, 0.3) is 10.2 Å². The Labute approximate surface area is 179 Å². The highest BCUT2D eigenvalue weighted by atomic mass is 32.1. The predicted octanol–water partition coefficient (Wildman–Crippen LogP) is 4.48. The summed E-state index contributed by atoms with van der Waals surface area (Å²) in [5, 5.41) is 0.724. The van der Waals surface area contributed by atoms with E-state index in [-0.39, 0.29) is 5.91 Å². The van der Waals surface area contributed by atoms with Crippen LogP contribution >= 0.6 is 11.3 Å². The number of hydrogen-bond donors (Lipinski definition) is 0. The molecule has 2 aromatic carbocycles. The van der Waals surface area contributed by atoms with E-state index in [0.717, 1.165) is 45.2 Å². The molecule has 30 heavy (non-hydrogen) atoms. The zero-order valence-corrected chi connectivity index (χ0v) is 17.9. The number of hydrogen-bond acceptors (Lipinski definition) is 5. The van der Waals surface area contributed by atoms with Crippen LogP contribution in [0.2, 0.25) is 0 Å². The smallest absolute Gasteiger partial charge is 0.233 e. The normalized spacial score (nSPS) is 11.0. The highest BCUT2D eigenvalue weighted by molar-refractivity contribution is 7.22. The first-order chi connectivity index (χ1) is 14.6. The molecule has 2 aromatic heterocycles. The van der Waals surface area contributed by atoms with Gasteiger partial charge in [0.05, 0.1) is 30.1 Å². The van der Waals surface area contributed by atoms with E-state index in [1.54, 1.807) is 19.6 Å². The topological polar surface area (TPSA) is 60.2 Å². The van der Waals surface area contributed by atoms with Crippen molar-refractivity contribution >= 4 is 32.6 Å². The van der Waals surface area contributed by atoms with Crippen molar-refractivity contribution in [1.82, 2.24) is 14.5 Å². The van der Waals surface area contributed by atoms with E-state index < -0.39 is 0 Å². The number of amides is 1. The SMILES string of the molecule is COc1ccc2nc(N(CCCn3ccnc3)C(=O)Cc3cccc(C)c3)sc2c1. The van der Waals surface area contributed by atoms with Crippen LogP contribution in [0.5, 0.6) is 5.75 Å². The van der Waals surface area contributed by atoms with Gasteiger partial charge in [-0.05, 0) is 37.1 Å². The molecule has 1 amide bonds. The average molecular weight is 421 g/mol. The Bertz CT molecular complexity index is 1140. The van der Waals surface area contributed by atoms with Gasteiger partial charge in [0, 0.05) is 25.5 Å². The molecule has 6 nitrogen and oxygen atoms in total. The Hall–Kier alpha value is -3.19. The molecular formula is C23H24N4O2S. The van der Waals surface area contributed by atoms with E-state index in [2.05, 4.69) is 11.1 Å². The van der Waals surface area contributed by atoms with Gasteiger partial charge in [-0.15, -0.1) is 0 Å². The highest BCUT2D eigenvalue weighted by Gasteiger charge is 2.20. The molecule has 0 fully saturated rings. The van der Waals surface area contributed by atoms with Gasteiger partial charge in [0.25, 0.3) is 0 Å². The number of anilines is 1. The summed E-state index contributed by atoms with van der Waals surface area (Å²) in [5.74, 6) is 0.840. The highest BCUT2D eigenvalue weighted by Crippen LogP contribution is 2.32. The fraction of sp³-hybridized carbons (Fsp3) is 0.261. The maximum atomic E-state index is 13.3. The van der Waals surface area contributed by atoms with E-state index in [1.807, 2.05) is 59.0 Å². The van der Waals surface area contributed by atoms with Gasteiger partial charge in [0.1, 0.15) is 5.75 Å². The van der Waals surface area contributed by atoms with Crippen molar-refractivity contribution in [1.29, 1.82) is 0 Å². The summed E-state index contributed by atoms with van der Waals surface area (Å²) >= 11 is 1.52. The average Bonchev–Trinajstić information content (AvgIpc) is 3.40. The summed E-state index contributed by atoms with van der Waals surface area (Å²) in [6, 6.07) is 13.9. The van der Waals surface area contributed by atoms with Crippen LogP contribution in [0.4, 0.5) is 5.13 Å². The fourth-order valence-corrected chi connectivity index (χ4v) is 4.42. The maximum Gasteiger partial charge on any atom is 0.233 e. The summed E-state index contributed by atoms with van der Waals surface area (Å²) in [7, 11) is 1.65. The molecule has 2 heterocycles. The molecule has 0 radical (unpaired) electrons. The van der Waals surface area contributed by atoms with Crippen LogP contribution in [0.3, 0.4) is 0 Å². The number of nitrogens with zero attached hydrogens (tertiary/aromatic N) is 4. The maximum absolute atomic E-state index is 13.3. The molecule has 4 aromatic rings. The van der Waals surface area contributed by atoms with E-state index in [9.17, 15) is 4.79 Å². The Morgan fingerprint density at radius 3 is 2.90 bits per heavy atom. The summed E-state index contributed by atoms with van der Waals surface area (Å²) in [5.41, 5.74) is 3.04. The van der Waals surface area contributed by atoms with Crippen LogP contribution in [0.15, 0.2) is 61.2 Å². The van der Waals surface area contributed by atoms with Crippen molar-refractivity contribution in [3.8, 4) is 5.75 Å². The number of rotatable bonds is 8. The molecule has 0 spiro atoms. The summed E-state index contributed by atoms with van der Waals surface area (Å²) < 4.78 is 8.35. The molecule has 0 N–H and O–H groups in total. The van der Waals surface area contributed by atoms with Crippen LogP contribution in [-0.2, 0) is 17.8 Å². The van der Waals surface area contributed by atoms with Gasteiger partial charge in [-0.3, -0.25) is 9.69 Å². The van der Waals surface area contributed by atoms with E-state index in [1.165, 1.54) is 11.3 Å². The molecule has 0 atom stereocenters. The minimum atomic E-state index is 0.0530. The number of ether oxygens (including phenoxy) is 1. The minimum absolute atomic E-state index is 0.0530. The first-order valence-electron chi connectivity index (χ1n) is 9.88. The fourth-order valence-electron chi connectivity index (χ4n) is 3.38. The van der Waals surface area contributed by atoms with E-state index in [0.29, 0.717) is 13.0 Å². The number of imidazole rings is 1. The quantitative estimate of drug-likeness (QED) is 0.422. The number of carbonyl (C=O) groups excluding carboxylic acids is 1. The van der Waals surface area contributed by atoms with Crippen LogP contribution in [-0.4, -0.2) is 34.1 Å². The molecule has 0 bridgehead atoms. The number of aryl methyl sites for hydroxylation is 2. The van der Waals surface area contributed by atoms with Crippen molar-refractivity contribution in [3.63, 3.8) is 0 Å². The Balaban J connectivity index is 1.57. The van der Waals surface area contributed by atoms with Gasteiger partial charge in [-0.25, -0.2) is 9.97 Å². The van der Waals surface area contributed by atoms with Crippen LogP contribution in [0.1, 0.15) is 17.5 Å². The molecule has 154 valence electrons. The largest absolute Gasteiger partial charge is 0.497 e. The van der Waals surface area contributed by atoms with Crippen molar-refractivity contribution in [3.05, 3.63) is 72.3 Å². The lowest BCUT2D eigenvalue weighted by atomic mass is 10.1. The third kappa shape index (κ3) is 4.68. The van der Waals surface area contributed by atoms with E-state index in [4.69, 9.17) is 9.72 Å².